The van der Waals surface area contributed by atoms with Gasteiger partial charge in [-0.15, -0.1) is 0 Å². The minimum Gasteiger partial charge on any atom is -0.465 e. The molecule has 0 saturated heterocycles. The van der Waals surface area contributed by atoms with Crippen LogP contribution in [0.15, 0.2) is 0 Å². The Balaban J connectivity index is 3.78. The summed E-state index contributed by atoms with van der Waals surface area (Å²) in [5, 5.41) is 0. The molecule has 0 aliphatic rings. The Kier molecular flexibility index (Phi) is 9.20. The second-order valence-electron chi connectivity index (χ2n) is 5.85. The highest BCUT2D eigenvalue weighted by Gasteiger charge is 2.14. The molecule has 0 aromatic carbocycles. The third-order valence-corrected chi connectivity index (χ3v) is 3.41. The van der Waals surface area contributed by atoms with Gasteiger partial charge in [0.15, 0.2) is 0 Å². The van der Waals surface area contributed by atoms with Crippen molar-refractivity contribution in [2.45, 2.75) is 72.8 Å². The topological polar surface area (TPSA) is 26.3 Å². The summed E-state index contributed by atoms with van der Waals surface area (Å²) >= 11 is 0. The molecule has 0 bridgehead atoms. The Morgan fingerprint density at radius 2 is 1.47 bits per heavy atom. The number of hydrogen-bond acceptors (Lipinski definition) is 2. The molecule has 0 aliphatic heterocycles. The van der Waals surface area contributed by atoms with Gasteiger partial charge in [0.05, 0.1) is 6.10 Å². The van der Waals surface area contributed by atoms with Crippen molar-refractivity contribution < 1.29 is 9.53 Å². The van der Waals surface area contributed by atoms with E-state index in [9.17, 15) is 4.79 Å². The average molecular weight is 242 g/mol. The smallest absolute Gasteiger partial charge is 0.293 e. The maximum absolute atomic E-state index is 10.2. The summed E-state index contributed by atoms with van der Waals surface area (Å²) in [6, 6.07) is 0. The lowest BCUT2D eigenvalue weighted by atomic mass is 9.86. The highest BCUT2D eigenvalue weighted by molar-refractivity contribution is 5.37. The zero-order chi connectivity index (χ0) is 13.3. The molecule has 17 heavy (non-hydrogen) atoms. The normalized spacial score (nSPS) is 18.2. The number of carbonyl (C=O) groups is 1. The van der Waals surface area contributed by atoms with Gasteiger partial charge in [-0.05, 0) is 43.9 Å². The molecule has 0 fully saturated rings. The van der Waals surface area contributed by atoms with Crippen molar-refractivity contribution in [3.8, 4) is 0 Å². The van der Waals surface area contributed by atoms with E-state index >= 15 is 0 Å². The number of ether oxygens (including phenoxy) is 1. The zero-order valence-electron chi connectivity index (χ0n) is 12.2. The van der Waals surface area contributed by atoms with Gasteiger partial charge in [0.1, 0.15) is 0 Å². The molecule has 2 nitrogen and oxygen atoms in total. The molecule has 2 heteroatoms. The van der Waals surface area contributed by atoms with Gasteiger partial charge in [-0.25, -0.2) is 0 Å². The molecule has 0 aromatic heterocycles. The first-order valence-corrected chi connectivity index (χ1v) is 7.08. The van der Waals surface area contributed by atoms with Crippen LogP contribution in [0.4, 0.5) is 0 Å². The van der Waals surface area contributed by atoms with Crippen molar-refractivity contribution in [3.63, 3.8) is 0 Å². The predicted molar refractivity (Wildman–Crippen MR) is 72.9 cm³/mol. The van der Waals surface area contributed by atoms with Crippen LogP contribution in [-0.2, 0) is 9.53 Å². The molecule has 0 heterocycles. The third kappa shape index (κ3) is 9.20. The zero-order valence-corrected chi connectivity index (χ0v) is 12.2. The van der Waals surface area contributed by atoms with Gasteiger partial charge in [-0.1, -0.05) is 40.5 Å². The van der Waals surface area contributed by atoms with E-state index in [0.717, 1.165) is 18.3 Å². The fourth-order valence-electron chi connectivity index (χ4n) is 2.89. The Morgan fingerprint density at radius 1 is 0.941 bits per heavy atom. The van der Waals surface area contributed by atoms with Crippen molar-refractivity contribution in [2.24, 2.45) is 17.8 Å². The van der Waals surface area contributed by atoms with Gasteiger partial charge < -0.3 is 4.74 Å². The lowest BCUT2D eigenvalue weighted by Crippen LogP contribution is -2.14. The third-order valence-electron chi connectivity index (χ3n) is 3.41. The second kappa shape index (κ2) is 9.49. The molecular weight excluding hydrogens is 212 g/mol. The van der Waals surface area contributed by atoms with Gasteiger partial charge >= 0.3 is 0 Å². The van der Waals surface area contributed by atoms with Crippen molar-refractivity contribution in [2.75, 3.05) is 0 Å². The van der Waals surface area contributed by atoms with E-state index in [2.05, 4.69) is 27.7 Å². The Labute approximate surface area is 107 Å². The molecule has 0 aromatic rings. The van der Waals surface area contributed by atoms with Crippen molar-refractivity contribution >= 4 is 6.47 Å². The molecule has 0 N–H and O–H groups in total. The maximum Gasteiger partial charge on any atom is 0.293 e. The minimum atomic E-state index is 0.0581. The molecule has 0 amide bonds. The summed E-state index contributed by atoms with van der Waals surface area (Å²) in [4.78, 5) is 10.2. The van der Waals surface area contributed by atoms with E-state index in [1.165, 1.54) is 25.7 Å². The van der Waals surface area contributed by atoms with Crippen LogP contribution in [-0.4, -0.2) is 12.6 Å². The summed E-state index contributed by atoms with van der Waals surface area (Å²) in [6.45, 7) is 11.7. The lowest BCUT2D eigenvalue weighted by molar-refractivity contribution is -0.133. The maximum atomic E-state index is 10.2. The molecular formula is C15H30O2. The Hall–Kier alpha value is -0.530. The van der Waals surface area contributed by atoms with Gasteiger partial charge in [0.2, 0.25) is 0 Å². The number of carbonyl (C=O) groups excluding carboxylic acids is 1. The lowest BCUT2D eigenvalue weighted by Gasteiger charge is -2.22. The molecule has 0 unspecified atom stereocenters. The van der Waals surface area contributed by atoms with E-state index in [1.807, 2.05) is 6.92 Å². The van der Waals surface area contributed by atoms with Crippen LogP contribution in [0.3, 0.4) is 0 Å². The van der Waals surface area contributed by atoms with Crippen LogP contribution < -0.4 is 0 Å². The Morgan fingerprint density at radius 3 is 2.00 bits per heavy atom. The van der Waals surface area contributed by atoms with Gasteiger partial charge in [-0.3, -0.25) is 4.79 Å². The summed E-state index contributed by atoms with van der Waals surface area (Å²) in [7, 11) is 0. The molecule has 0 radical (unpaired) electrons. The molecule has 102 valence electrons. The Bertz CT molecular complexity index is 191. The molecule has 0 spiro atoms. The first-order valence-electron chi connectivity index (χ1n) is 7.08. The first kappa shape index (κ1) is 16.5. The van der Waals surface area contributed by atoms with E-state index in [1.54, 1.807) is 0 Å². The standard InChI is InChI=1S/C15H30O2/c1-6-7-12(2)8-13(3)9-14(4)10-15(5)17-11-16/h11-15H,6-10H2,1-5H3/t12-,13-,14-,15+/m0/s1. The van der Waals surface area contributed by atoms with Crippen LogP contribution in [0.1, 0.15) is 66.7 Å². The molecule has 0 aliphatic carbocycles. The van der Waals surface area contributed by atoms with E-state index in [4.69, 9.17) is 4.74 Å². The van der Waals surface area contributed by atoms with Crippen molar-refractivity contribution in [1.29, 1.82) is 0 Å². The largest absolute Gasteiger partial charge is 0.465 e. The van der Waals surface area contributed by atoms with Gasteiger partial charge in [-0.2, -0.15) is 0 Å². The first-order chi connectivity index (χ1) is 7.99. The monoisotopic (exact) mass is 242 g/mol. The minimum absolute atomic E-state index is 0.0581. The van der Waals surface area contributed by atoms with Crippen molar-refractivity contribution in [3.05, 3.63) is 0 Å². The fraction of sp³-hybridized carbons (Fsp3) is 0.933. The fourth-order valence-corrected chi connectivity index (χ4v) is 2.89. The van der Waals surface area contributed by atoms with E-state index < -0.39 is 0 Å². The average Bonchev–Trinajstić information content (AvgIpc) is 2.16. The molecule has 0 rings (SSSR count). The second-order valence-corrected chi connectivity index (χ2v) is 5.85. The van der Waals surface area contributed by atoms with Gasteiger partial charge in [0.25, 0.3) is 6.47 Å². The van der Waals surface area contributed by atoms with Gasteiger partial charge in [0, 0.05) is 0 Å². The van der Waals surface area contributed by atoms with Crippen LogP contribution >= 0.6 is 0 Å². The quantitative estimate of drug-likeness (QED) is 0.530. The van der Waals surface area contributed by atoms with Crippen LogP contribution in [0.5, 0.6) is 0 Å². The van der Waals surface area contributed by atoms with E-state index in [0.29, 0.717) is 12.4 Å². The molecule has 4 atom stereocenters. The summed E-state index contributed by atoms with van der Waals surface area (Å²) in [5.74, 6) is 2.25. The SMILES string of the molecule is CCC[C@H](C)C[C@H](C)C[C@H](C)C[C@@H](C)OC=O. The summed E-state index contributed by atoms with van der Waals surface area (Å²) in [5.41, 5.74) is 0. The van der Waals surface area contributed by atoms with E-state index in [-0.39, 0.29) is 6.10 Å². The number of hydrogen-bond donors (Lipinski definition) is 0. The number of rotatable bonds is 10. The summed E-state index contributed by atoms with van der Waals surface area (Å²) in [6.07, 6.45) is 6.21. The van der Waals surface area contributed by atoms with Crippen LogP contribution in [0, 0.1) is 17.8 Å². The predicted octanol–water partition coefficient (Wildman–Crippen LogP) is 4.43. The van der Waals surface area contributed by atoms with Crippen LogP contribution in [0.25, 0.3) is 0 Å². The molecule has 0 saturated carbocycles. The summed E-state index contributed by atoms with van der Waals surface area (Å²) < 4.78 is 4.93. The highest BCUT2D eigenvalue weighted by atomic mass is 16.5. The van der Waals surface area contributed by atoms with Crippen LogP contribution in [0.2, 0.25) is 0 Å². The highest BCUT2D eigenvalue weighted by Crippen LogP contribution is 2.24. The van der Waals surface area contributed by atoms with Crippen molar-refractivity contribution in [1.82, 2.24) is 0 Å².